The average Bonchev–Trinajstić information content (AvgIpc) is 2.20. The summed E-state index contributed by atoms with van der Waals surface area (Å²) in [5.41, 5.74) is 5.97. The van der Waals surface area contributed by atoms with Crippen LogP contribution in [0.5, 0.6) is 5.88 Å². The van der Waals surface area contributed by atoms with Crippen LogP contribution in [-0.4, -0.2) is 23.8 Å². The highest BCUT2D eigenvalue weighted by Crippen LogP contribution is 2.25. The lowest BCUT2D eigenvalue weighted by Gasteiger charge is -2.17. The van der Waals surface area contributed by atoms with Gasteiger partial charge in [0, 0.05) is 6.04 Å². The molecule has 0 spiro atoms. The third-order valence-corrected chi connectivity index (χ3v) is 2.10. The molecule has 3 N–H and O–H groups in total. The highest BCUT2D eigenvalue weighted by Gasteiger charge is 2.30. The molecule has 0 aliphatic carbocycles. The number of alkyl halides is 3. The molecule has 7 heteroatoms. The first-order valence-corrected chi connectivity index (χ1v) is 5.54. The van der Waals surface area contributed by atoms with Gasteiger partial charge in [-0.3, -0.25) is 0 Å². The Morgan fingerprint density at radius 3 is 2.67 bits per heavy atom. The van der Waals surface area contributed by atoms with Gasteiger partial charge in [0.2, 0.25) is 5.88 Å². The Bertz CT molecular complexity index is 396. The Hall–Kier alpha value is -1.66. The van der Waals surface area contributed by atoms with Crippen LogP contribution in [0.3, 0.4) is 0 Å². The van der Waals surface area contributed by atoms with Crippen LogP contribution >= 0.6 is 0 Å². The van der Waals surface area contributed by atoms with Crippen molar-refractivity contribution in [2.75, 3.05) is 17.7 Å². The van der Waals surface area contributed by atoms with Crippen molar-refractivity contribution in [2.45, 2.75) is 32.5 Å². The first-order valence-electron chi connectivity index (χ1n) is 5.54. The van der Waals surface area contributed by atoms with Gasteiger partial charge in [-0.05, 0) is 26.0 Å². The monoisotopic (exact) mass is 263 g/mol. The van der Waals surface area contributed by atoms with Gasteiger partial charge in [-0.25, -0.2) is 0 Å². The van der Waals surface area contributed by atoms with E-state index < -0.39 is 18.6 Å². The van der Waals surface area contributed by atoms with E-state index in [1.807, 2.05) is 0 Å². The molecule has 0 aromatic carbocycles. The largest absolute Gasteiger partial charge is 0.476 e. The maximum absolute atomic E-state index is 12.2. The maximum atomic E-state index is 12.2. The van der Waals surface area contributed by atoms with Gasteiger partial charge in [0.1, 0.15) is 5.82 Å². The number of nitrogens with one attached hydrogen (secondary N) is 1. The zero-order valence-electron chi connectivity index (χ0n) is 10.2. The van der Waals surface area contributed by atoms with Crippen LogP contribution in [0.4, 0.5) is 24.7 Å². The highest BCUT2D eigenvalue weighted by molar-refractivity contribution is 5.53. The summed E-state index contributed by atoms with van der Waals surface area (Å²) in [5.74, 6) is 0.533. The number of nitrogens with two attached hydrogens (primary N) is 1. The fraction of sp³-hybridized carbons (Fsp3) is 0.545. The molecule has 0 amide bonds. The molecule has 1 atom stereocenters. The van der Waals surface area contributed by atoms with Crippen molar-refractivity contribution in [1.29, 1.82) is 0 Å². The van der Waals surface area contributed by atoms with Crippen molar-refractivity contribution in [3.8, 4) is 5.88 Å². The van der Waals surface area contributed by atoms with E-state index in [1.165, 1.54) is 13.0 Å². The summed E-state index contributed by atoms with van der Waals surface area (Å²) < 4.78 is 41.7. The number of hydrogen-bond donors (Lipinski definition) is 2. The average molecular weight is 263 g/mol. The van der Waals surface area contributed by atoms with Gasteiger partial charge in [-0.15, -0.1) is 0 Å². The predicted molar refractivity (Wildman–Crippen MR) is 63.6 cm³/mol. The van der Waals surface area contributed by atoms with Crippen molar-refractivity contribution in [1.82, 2.24) is 4.98 Å². The Morgan fingerprint density at radius 2 is 2.11 bits per heavy atom. The first kappa shape index (κ1) is 14.4. The fourth-order valence-electron chi connectivity index (χ4n) is 1.43. The summed E-state index contributed by atoms with van der Waals surface area (Å²) in [5, 5.41) is 2.66. The quantitative estimate of drug-likeness (QED) is 0.857. The van der Waals surface area contributed by atoms with E-state index in [0.717, 1.165) is 0 Å². The third kappa shape index (κ3) is 4.68. The van der Waals surface area contributed by atoms with E-state index in [0.29, 0.717) is 18.1 Å². The van der Waals surface area contributed by atoms with Gasteiger partial charge >= 0.3 is 6.18 Å². The van der Waals surface area contributed by atoms with Crippen molar-refractivity contribution >= 4 is 11.5 Å². The molecule has 4 nitrogen and oxygen atoms in total. The second kappa shape index (κ2) is 5.79. The molecule has 0 aliphatic rings. The molecule has 1 heterocycles. The number of ether oxygens (including phenoxy) is 1. The zero-order chi connectivity index (χ0) is 13.8. The lowest BCUT2D eigenvalue weighted by atomic mass is 10.2. The SMILES string of the molecule is CCOc1nc(NC(C)CC(F)(F)F)ccc1N. The van der Waals surface area contributed by atoms with Gasteiger partial charge in [-0.2, -0.15) is 18.2 Å². The minimum atomic E-state index is -4.21. The smallest absolute Gasteiger partial charge is 0.391 e. The molecule has 1 rings (SSSR count). The number of halogens is 3. The van der Waals surface area contributed by atoms with Crippen molar-refractivity contribution in [3.05, 3.63) is 12.1 Å². The Labute approximate surface area is 103 Å². The lowest BCUT2D eigenvalue weighted by molar-refractivity contribution is -0.136. The number of hydrogen-bond acceptors (Lipinski definition) is 4. The van der Waals surface area contributed by atoms with Crippen LogP contribution in [-0.2, 0) is 0 Å². The summed E-state index contributed by atoms with van der Waals surface area (Å²) >= 11 is 0. The summed E-state index contributed by atoms with van der Waals surface area (Å²) in [7, 11) is 0. The zero-order valence-corrected chi connectivity index (χ0v) is 10.2. The molecular formula is C11H16F3N3O. The molecule has 0 aliphatic heterocycles. The lowest BCUT2D eigenvalue weighted by Crippen LogP contribution is -2.24. The molecule has 18 heavy (non-hydrogen) atoms. The van der Waals surface area contributed by atoms with Crippen LogP contribution in [0, 0.1) is 0 Å². The maximum Gasteiger partial charge on any atom is 0.391 e. The fourth-order valence-corrected chi connectivity index (χ4v) is 1.43. The van der Waals surface area contributed by atoms with Crippen LogP contribution in [0.1, 0.15) is 20.3 Å². The normalized spacial score (nSPS) is 13.2. The van der Waals surface area contributed by atoms with Crippen molar-refractivity contribution in [2.24, 2.45) is 0 Å². The number of nitrogen functional groups attached to an aromatic ring is 1. The molecule has 0 saturated heterocycles. The second-order valence-corrected chi connectivity index (χ2v) is 3.89. The summed E-state index contributed by atoms with van der Waals surface area (Å²) in [6.07, 6.45) is -5.13. The van der Waals surface area contributed by atoms with Gasteiger partial charge in [0.05, 0.1) is 18.7 Å². The topological polar surface area (TPSA) is 60.2 Å². The van der Waals surface area contributed by atoms with E-state index in [2.05, 4.69) is 10.3 Å². The summed E-state index contributed by atoms with van der Waals surface area (Å²) in [6, 6.07) is 2.29. The molecule has 0 bridgehead atoms. The van der Waals surface area contributed by atoms with E-state index in [1.54, 1.807) is 13.0 Å². The highest BCUT2D eigenvalue weighted by atomic mass is 19.4. The van der Waals surface area contributed by atoms with Gasteiger partial charge in [0.15, 0.2) is 0 Å². The minimum Gasteiger partial charge on any atom is -0.476 e. The number of nitrogens with zero attached hydrogens (tertiary/aromatic N) is 1. The summed E-state index contributed by atoms with van der Waals surface area (Å²) in [6.45, 7) is 3.60. The van der Waals surface area contributed by atoms with Gasteiger partial charge < -0.3 is 15.8 Å². The Balaban J connectivity index is 2.70. The van der Waals surface area contributed by atoms with Gasteiger partial charge in [0.25, 0.3) is 0 Å². The van der Waals surface area contributed by atoms with Crippen LogP contribution in [0.15, 0.2) is 12.1 Å². The third-order valence-electron chi connectivity index (χ3n) is 2.10. The van der Waals surface area contributed by atoms with E-state index in [9.17, 15) is 13.2 Å². The molecule has 0 fully saturated rings. The van der Waals surface area contributed by atoms with E-state index in [-0.39, 0.29) is 5.88 Å². The van der Waals surface area contributed by atoms with E-state index >= 15 is 0 Å². The molecule has 1 aromatic rings. The Morgan fingerprint density at radius 1 is 1.44 bits per heavy atom. The Kier molecular flexibility index (Phi) is 4.63. The number of rotatable bonds is 5. The number of pyridine rings is 1. The number of aromatic nitrogens is 1. The first-order chi connectivity index (χ1) is 8.31. The van der Waals surface area contributed by atoms with Crippen molar-refractivity contribution in [3.63, 3.8) is 0 Å². The second-order valence-electron chi connectivity index (χ2n) is 3.89. The molecule has 1 aromatic heterocycles. The minimum absolute atomic E-state index is 0.224. The standard InChI is InChI=1S/C11H16F3N3O/c1-3-18-10-8(15)4-5-9(17-10)16-7(2)6-11(12,13)14/h4-5,7H,3,6,15H2,1-2H3,(H,16,17). The van der Waals surface area contributed by atoms with Crippen LogP contribution in [0.25, 0.3) is 0 Å². The molecule has 1 unspecified atom stereocenters. The number of anilines is 2. The summed E-state index contributed by atoms with van der Waals surface area (Å²) in [4.78, 5) is 4.01. The van der Waals surface area contributed by atoms with Gasteiger partial charge in [-0.1, -0.05) is 0 Å². The van der Waals surface area contributed by atoms with Crippen LogP contribution < -0.4 is 15.8 Å². The van der Waals surface area contributed by atoms with E-state index in [4.69, 9.17) is 10.5 Å². The molecule has 102 valence electrons. The molecular weight excluding hydrogens is 247 g/mol. The molecule has 0 saturated carbocycles. The van der Waals surface area contributed by atoms with Crippen LogP contribution in [0.2, 0.25) is 0 Å². The van der Waals surface area contributed by atoms with Crippen molar-refractivity contribution < 1.29 is 17.9 Å². The molecule has 0 radical (unpaired) electrons. The predicted octanol–water partition coefficient (Wildman–Crippen LogP) is 2.82.